The number of fused-ring (bicyclic) bond motifs is 1. The Hall–Kier alpha value is -2.25. The van der Waals surface area contributed by atoms with Crippen molar-refractivity contribution in [2.45, 2.75) is 0 Å². The first-order valence-electron chi connectivity index (χ1n) is 3.32. The molecule has 66 valence electrons. The number of rotatable bonds is 1. The number of aromatic nitrogens is 5. The minimum atomic E-state index is -0.748. The Morgan fingerprint density at radius 3 is 2.92 bits per heavy atom. The molecule has 0 saturated heterocycles. The summed E-state index contributed by atoms with van der Waals surface area (Å²) in [5, 5.41) is 10.8. The first-order valence-corrected chi connectivity index (χ1v) is 3.32. The molecule has 2 aromatic rings. The van der Waals surface area contributed by atoms with E-state index in [2.05, 4.69) is 20.3 Å². The molecule has 0 unspecified atom stereocenters. The SMILES string of the molecule is NC(=O)c1nnc2ncnn2c1N. The molecule has 8 heteroatoms. The topological polar surface area (TPSA) is 125 Å². The number of carbonyl (C=O) groups excluding carboxylic acids is 1. The van der Waals surface area contributed by atoms with Crippen molar-refractivity contribution < 1.29 is 4.79 Å². The second-order valence-electron chi connectivity index (χ2n) is 2.27. The van der Waals surface area contributed by atoms with Crippen molar-refractivity contribution >= 4 is 17.5 Å². The molecule has 1 amide bonds. The van der Waals surface area contributed by atoms with Crippen LogP contribution in [0.25, 0.3) is 5.78 Å². The van der Waals surface area contributed by atoms with Crippen LogP contribution < -0.4 is 11.5 Å². The highest BCUT2D eigenvalue weighted by Crippen LogP contribution is 2.05. The quantitative estimate of drug-likeness (QED) is 0.532. The fourth-order valence-corrected chi connectivity index (χ4v) is 0.895. The van der Waals surface area contributed by atoms with Crippen LogP contribution in [-0.4, -0.2) is 30.7 Å². The summed E-state index contributed by atoms with van der Waals surface area (Å²) in [5.74, 6) is -0.486. The summed E-state index contributed by atoms with van der Waals surface area (Å²) >= 11 is 0. The van der Waals surface area contributed by atoms with Crippen molar-refractivity contribution in [2.75, 3.05) is 5.73 Å². The van der Waals surface area contributed by atoms with Crippen LogP contribution in [0.4, 0.5) is 5.82 Å². The maximum Gasteiger partial charge on any atom is 0.273 e. The maximum absolute atomic E-state index is 10.8. The van der Waals surface area contributed by atoms with Crippen LogP contribution in [0.3, 0.4) is 0 Å². The second kappa shape index (κ2) is 2.37. The van der Waals surface area contributed by atoms with Gasteiger partial charge in [-0.2, -0.15) is 14.6 Å². The lowest BCUT2D eigenvalue weighted by atomic mass is 10.4. The van der Waals surface area contributed by atoms with Gasteiger partial charge in [-0.25, -0.2) is 0 Å². The van der Waals surface area contributed by atoms with Crippen molar-refractivity contribution in [3.8, 4) is 0 Å². The molecule has 0 aliphatic rings. The van der Waals surface area contributed by atoms with Crippen LogP contribution >= 0.6 is 0 Å². The van der Waals surface area contributed by atoms with Gasteiger partial charge in [-0.1, -0.05) is 0 Å². The zero-order valence-corrected chi connectivity index (χ0v) is 6.38. The number of primary amides is 1. The number of hydrogen-bond donors (Lipinski definition) is 2. The normalized spacial score (nSPS) is 10.5. The molecule has 13 heavy (non-hydrogen) atoms. The molecular formula is C5H5N7O. The van der Waals surface area contributed by atoms with Crippen LogP contribution in [-0.2, 0) is 0 Å². The van der Waals surface area contributed by atoms with E-state index in [0.29, 0.717) is 0 Å². The van der Waals surface area contributed by atoms with E-state index in [9.17, 15) is 4.79 Å². The third-order valence-electron chi connectivity index (χ3n) is 1.47. The van der Waals surface area contributed by atoms with Crippen LogP contribution in [0.2, 0.25) is 0 Å². The molecule has 2 aromatic heterocycles. The van der Waals surface area contributed by atoms with Gasteiger partial charge in [-0.15, -0.1) is 10.2 Å². The van der Waals surface area contributed by atoms with Crippen molar-refractivity contribution in [3.05, 3.63) is 12.0 Å². The number of nitrogens with two attached hydrogens (primary N) is 2. The van der Waals surface area contributed by atoms with Crippen LogP contribution in [0.5, 0.6) is 0 Å². The van der Waals surface area contributed by atoms with E-state index in [0.717, 1.165) is 0 Å². The standard InChI is InChI=1S/C5H5N7O/c6-3-2(4(7)13)10-11-5-8-1-9-12(3)5/h1H,6H2,(H2,7,13). The predicted octanol–water partition coefficient (Wildman–Crippen LogP) is -1.80. The van der Waals surface area contributed by atoms with Crippen LogP contribution in [0.15, 0.2) is 6.33 Å². The molecular weight excluding hydrogens is 174 g/mol. The van der Waals surface area contributed by atoms with Gasteiger partial charge in [0.05, 0.1) is 0 Å². The monoisotopic (exact) mass is 179 g/mol. The third kappa shape index (κ3) is 0.956. The summed E-state index contributed by atoms with van der Waals surface area (Å²) in [6, 6.07) is 0. The zero-order valence-electron chi connectivity index (χ0n) is 6.38. The second-order valence-corrected chi connectivity index (χ2v) is 2.27. The summed E-state index contributed by atoms with van der Waals surface area (Å²) in [6.45, 7) is 0. The first-order chi connectivity index (χ1) is 6.20. The maximum atomic E-state index is 10.8. The van der Waals surface area contributed by atoms with E-state index < -0.39 is 5.91 Å². The van der Waals surface area contributed by atoms with Crippen LogP contribution in [0.1, 0.15) is 10.5 Å². The molecule has 0 saturated carbocycles. The van der Waals surface area contributed by atoms with E-state index in [-0.39, 0.29) is 17.3 Å². The molecule has 2 rings (SSSR count). The number of amides is 1. The van der Waals surface area contributed by atoms with Gasteiger partial charge in [0, 0.05) is 0 Å². The number of anilines is 1. The van der Waals surface area contributed by atoms with Crippen molar-refractivity contribution in [3.63, 3.8) is 0 Å². The van der Waals surface area contributed by atoms with Gasteiger partial charge in [0.15, 0.2) is 11.5 Å². The third-order valence-corrected chi connectivity index (χ3v) is 1.47. The van der Waals surface area contributed by atoms with Gasteiger partial charge >= 0.3 is 0 Å². The van der Waals surface area contributed by atoms with Crippen LogP contribution in [0, 0.1) is 0 Å². The number of nitrogens with zero attached hydrogens (tertiary/aromatic N) is 5. The fourth-order valence-electron chi connectivity index (χ4n) is 0.895. The number of nitrogen functional groups attached to an aromatic ring is 1. The van der Waals surface area contributed by atoms with Gasteiger partial charge < -0.3 is 11.5 Å². The first kappa shape index (κ1) is 7.40. The fraction of sp³-hybridized carbons (Fsp3) is 0. The van der Waals surface area contributed by atoms with Gasteiger partial charge in [0.25, 0.3) is 11.7 Å². The summed E-state index contributed by atoms with van der Waals surface area (Å²) in [5.41, 5.74) is 10.4. The number of hydrogen-bond acceptors (Lipinski definition) is 6. The van der Waals surface area contributed by atoms with E-state index in [1.807, 2.05) is 0 Å². The Morgan fingerprint density at radius 1 is 1.46 bits per heavy atom. The van der Waals surface area contributed by atoms with Crippen molar-refractivity contribution in [2.24, 2.45) is 5.73 Å². The Kier molecular flexibility index (Phi) is 1.35. The zero-order chi connectivity index (χ0) is 9.42. The van der Waals surface area contributed by atoms with Gasteiger partial charge in [-0.05, 0) is 0 Å². The van der Waals surface area contributed by atoms with E-state index in [1.165, 1.54) is 10.8 Å². The molecule has 0 aromatic carbocycles. The molecule has 0 fully saturated rings. The van der Waals surface area contributed by atoms with Gasteiger partial charge in [0.1, 0.15) is 6.33 Å². The van der Waals surface area contributed by atoms with E-state index in [4.69, 9.17) is 11.5 Å². The molecule has 0 aliphatic heterocycles. The summed E-state index contributed by atoms with van der Waals surface area (Å²) in [4.78, 5) is 14.5. The Bertz CT molecular complexity index is 475. The molecule has 0 bridgehead atoms. The lowest BCUT2D eigenvalue weighted by molar-refractivity contribution is 0.0995. The minimum Gasteiger partial charge on any atom is -0.382 e. The highest BCUT2D eigenvalue weighted by Gasteiger charge is 2.12. The van der Waals surface area contributed by atoms with E-state index in [1.54, 1.807) is 0 Å². The average molecular weight is 179 g/mol. The molecule has 4 N–H and O–H groups in total. The van der Waals surface area contributed by atoms with Crippen molar-refractivity contribution in [1.29, 1.82) is 0 Å². The summed E-state index contributed by atoms with van der Waals surface area (Å²) in [7, 11) is 0. The predicted molar refractivity (Wildman–Crippen MR) is 41.5 cm³/mol. The lowest BCUT2D eigenvalue weighted by Gasteiger charge is -1.99. The minimum absolute atomic E-state index is 0.0370. The van der Waals surface area contributed by atoms with Crippen molar-refractivity contribution in [1.82, 2.24) is 24.8 Å². The lowest BCUT2D eigenvalue weighted by Crippen LogP contribution is -2.19. The Labute approximate surface area is 71.6 Å². The highest BCUT2D eigenvalue weighted by molar-refractivity contribution is 5.95. The molecule has 0 spiro atoms. The molecule has 8 nitrogen and oxygen atoms in total. The van der Waals surface area contributed by atoms with Gasteiger partial charge in [0.2, 0.25) is 0 Å². The largest absolute Gasteiger partial charge is 0.382 e. The highest BCUT2D eigenvalue weighted by atomic mass is 16.1. The van der Waals surface area contributed by atoms with E-state index >= 15 is 0 Å². The molecule has 0 atom stereocenters. The average Bonchev–Trinajstić information content (AvgIpc) is 2.52. The summed E-state index contributed by atoms with van der Waals surface area (Å²) in [6.07, 6.45) is 1.26. The molecule has 0 aliphatic carbocycles. The Balaban J connectivity index is 2.80. The smallest absolute Gasteiger partial charge is 0.273 e. The molecule has 0 radical (unpaired) electrons. The Morgan fingerprint density at radius 2 is 2.23 bits per heavy atom. The number of carbonyl (C=O) groups is 1. The molecule has 2 heterocycles. The summed E-state index contributed by atoms with van der Waals surface area (Å²) < 4.78 is 1.19. The van der Waals surface area contributed by atoms with Gasteiger partial charge in [-0.3, -0.25) is 4.79 Å².